The SMILES string of the molecule is C=CCNC(N)=NCCOc1c(C)cccc1C. The van der Waals surface area contributed by atoms with Gasteiger partial charge in [-0.3, -0.25) is 0 Å². The zero-order valence-corrected chi connectivity index (χ0v) is 11.1. The minimum absolute atomic E-state index is 0.417. The van der Waals surface area contributed by atoms with Crippen LogP contribution in [0.1, 0.15) is 11.1 Å². The second kappa shape index (κ2) is 7.37. The number of aryl methyl sites for hydroxylation is 2. The Bertz CT molecular complexity index is 407. The molecule has 0 saturated carbocycles. The summed E-state index contributed by atoms with van der Waals surface area (Å²) in [6.07, 6.45) is 1.73. The van der Waals surface area contributed by atoms with Crippen LogP contribution in [0.25, 0.3) is 0 Å². The molecule has 0 radical (unpaired) electrons. The maximum atomic E-state index is 5.71. The van der Waals surface area contributed by atoms with E-state index in [-0.39, 0.29) is 0 Å². The molecule has 0 bridgehead atoms. The summed E-state index contributed by atoms with van der Waals surface area (Å²) in [5, 5.41) is 2.91. The van der Waals surface area contributed by atoms with E-state index in [0.29, 0.717) is 25.7 Å². The van der Waals surface area contributed by atoms with Gasteiger partial charge in [0.1, 0.15) is 12.4 Å². The number of nitrogens with one attached hydrogen (secondary N) is 1. The van der Waals surface area contributed by atoms with Crippen LogP contribution in [0.2, 0.25) is 0 Å². The smallest absolute Gasteiger partial charge is 0.188 e. The average Bonchev–Trinajstić information content (AvgIpc) is 2.35. The first kappa shape index (κ1) is 14.1. The van der Waals surface area contributed by atoms with Crippen LogP contribution in [-0.2, 0) is 0 Å². The van der Waals surface area contributed by atoms with Gasteiger partial charge in [-0.15, -0.1) is 6.58 Å². The van der Waals surface area contributed by atoms with E-state index < -0.39 is 0 Å². The van der Waals surface area contributed by atoms with Gasteiger partial charge in [-0.1, -0.05) is 24.3 Å². The fourth-order valence-electron chi connectivity index (χ4n) is 1.57. The van der Waals surface area contributed by atoms with Crippen molar-refractivity contribution in [3.8, 4) is 5.75 Å². The van der Waals surface area contributed by atoms with Crippen LogP contribution in [0.15, 0.2) is 35.8 Å². The third-order valence-electron chi connectivity index (χ3n) is 2.46. The van der Waals surface area contributed by atoms with Crippen LogP contribution in [0, 0.1) is 13.8 Å². The molecular formula is C14H21N3O. The summed E-state index contributed by atoms with van der Waals surface area (Å²) >= 11 is 0. The molecule has 0 heterocycles. The number of hydrogen-bond acceptors (Lipinski definition) is 2. The third-order valence-corrected chi connectivity index (χ3v) is 2.46. The summed E-state index contributed by atoms with van der Waals surface area (Å²) in [6.45, 7) is 9.32. The van der Waals surface area contributed by atoms with Crippen LogP contribution in [-0.4, -0.2) is 25.7 Å². The summed E-state index contributed by atoms with van der Waals surface area (Å²) in [6, 6.07) is 6.09. The lowest BCUT2D eigenvalue weighted by Crippen LogP contribution is -2.32. The van der Waals surface area contributed by atoms with Crippen molar-refractivity contribution in [3.63, 3.8) is 0 Å². The first-order valence-electron chi connectivity index (χ1n) is 5.99. The van der Waals surface area contributed by atoms with Gasteiger partial charge in [0.05, 0.1) is 6.54 Å². The second-order valence-electron chi connectivity index (χ2n) is 4.01. The Labute approximate surface area is 109 Å². The highest BCUT2D eigenvalue weighted by Gasteiger charge is 2.02. The molecule has 1 aromatic rings. The largest absolute Gasteiger partial charge is 0.491 e. The van der Waals surface area contributed by atoms with Gasteiger partial charge >= 0.3 is 0 Å². The van der Waals surface area contributed by atoms with Gasteiger partial charge in [0.25, 0.3) is 0 Å². The van der Waals surface area contributed by atoms with Gasteiger partial charge in [-0.05, 0) is 25.0 Å². The summed E-state index contributed by atoms with van der Waals surface area (Å²) in [5.74, 6) is 1.35. The van der Waals surface area contributed by atoms with Crippen molar-refractivity contribution in [2.45, 2.75) is 13.8 Å². The van der Waals surface area contributed by atoms with E-state index in [1.807, 2.05) is 32.0 Å². The maximum Gasteiger partial charge on any atom is 0.188 e. The van der Waals surface area contributed by atoms with Crippen molar-refractivity contribution in [1.29, 1.82) is 0 Å². The van der Waals surface area contributed by atoms with E-state index in [2.05, 4.69) is 16.9 Å². The molecule has 0 aliphatic heterocycles. The van der Waals surface area contributed by atoms with Gasteiger partial charge in [0.2, 0.25) is 0 Å². The molecular weight excluding hydrogens is 226 g/mol. The Morgan fingerprint density at radius 2 is 2.11 bits per heavy atom. The summed E-state index contributed by atoms with van der Waals surface area (Å²) in [4.78, 5) is 4.15. The fraction of sp³-hybridized carbons (Fsp3) is 0.357. The molecule has 0 amide bonds. The Morgan fingerprint density at radius 3 is 2.72 bits per heavy atom. The number of hydrogen-bond donors (Lipinski definition) is 2. The zero-order valence-electron chi connectivity index (χ0n) is 11.1. The van der Waals surface area contributed by atoms with Gasteiger partial charge in [-0.2, -0.15) is 0 Å². The van der Waals surface area contributed by atoms with E-state index in [1.165, 1.54) is 0 Å². The van der Waals surface area contributed by atoms with Crippen LogP contribution in [0.5, 0.6) is 5.75 Å². The molecule has 0 fully saturated rings. The zero-order chi connectivity index (χ0) is 13.4. The lowest BCUT2D eigenvalue weighted by atomic mass is 10.1. The molecule has 0 aliphatic carbocycles. The number of nitrogens with two attached hydrogens (primary N) is 1. The minimum atomic E-state index is 0.417. The predicted octanol–water partition coefficient (Wildman–Crippen LogP) is 1.77. The number of ether oxygens (including phenoxy) is 1. The molecule has 0 spiro atoms. The normalized spacial score (nSPS) is 11.1. The highest BCUT2D eigenvalue weighted by molar-refractivity contribution is 5.77. The molecule has 0 saturated heterocycles. The quantitative estimate of drug-likeness (QED) is 0.348. The molecule has 1 rings (SSSR count). The molecule has 0 unspecified atom stereocenters. The van der Waals surface area contributed by atoms with Crippen LogP contribution in [0.3, 0.4) is 0 Å². The Kier molecular flexibility index (Phi) is 5.77. The van der Waals surface area contributed by atoms with E-state index in [0.717, 1.165) is 16.9 Å². The van der Waals surface area contributed by atoms with E-state index in [4.69, 9.17) is 10.5 Å². The summed E-state index contributed by atoms with van der Waals surface area (Å²) in [5.41, 5.74) is 7.91. The Balaban J connectivity index is 2.40. The van der Waals surface area contributed by atoms with Crippen LogP contribution >= 0.6 is 0 Å². The highest BCUT2D eigenvalue weighted by Crippen LogP contribution is 2.21. The third kappa shape index (κ3) is 4.49. The highest BCUT2D eigenvalue weighted by atomic mass is 16.5. The van der Waals surface area contributed by atoms with Gasteiger partial charge < -0.3 is 15.8 Å². The van der Waals surface area contributed by atoms with Crippen molar-refractivity contribution in [2.24, 2.45) is 10.7 Å². The summed E-state index contributed by atoms with van der Waals surface area (Å²) < 4.78 is 5.71. The lowest BCUT2D eigenvalue weighted by Gasteiger charge is -2.10. The van der Waals surface area contributed by atoms with E-state index in [1.54, 1.807) is 6.08 Å². The number of nitrogens with zero attached hydrogens (tertiary/aromatic N) is 1. The average molecular weight is 247 g/mol. The first-order chi connectivity index (χ1) is 8.65. The molecule has 4 heteroatoms. The summed E-state index contributed by atoms with van der Waals surface area (Å²) in [7, 11) is 0. The molecule has 98 valence electrons. The standard InChI is InChI=1S/C14H21N3O/c1-4-8-16-14(15)17-9-10-18-13-11(2)6-5-7-12(13)3/h4-7H,1,8-10H2,2-3H3,(H3,15,16,17). The van der Waals surface area contributed by atoms with Crippen molar-refractivity contribution in [2.75, 3.05) is 19.7 Å². The minimum Gasteiger partial charge on any atom is -0.491 e. The van der Waals surface area contributed by atoms with Crippen molar-refractivity contribution >= 4 is 5.96 Å². The van der Waals surface area contributed by atoms with Crippen LogP contribution < -0.4 is 15.8 Å². The van der Waals surface area contributed by atoms with E-state index >= 15 is 0 Å². The number of para-hydroxylation sites is 1. The number of guanidine groups is 1. The molecule has 0 aliphatic rings. The van der Waals surface area contributed by atoms with E-state index in [9.17, 15) is 0 Å². The second-order valence-corrected chi connectivity index (χ2v) is 4.01. The predicted molar refractivity (Wildman–Crippen MR) is 76.1 cm³/mol. The Hall–Kier alpha value is -1.97. The van der Waals surface area contributed by atoms with Gasteiger partial charge in [-0.25, -0.2) is 4.99 Å². The number of aliphatic imine (C=N–C) groups is 1. The molecule has 0 atom stereocenters. The molecule has 4 nitrogen and oxygen atoms in total. The van der Waals surface area contributed by atoms with Crippen molar-refractivity contribution in [3.05, 3.63) is 42.0 Å². The lowest BCUT2D eigenvalue weighted by molar-refractivity contribution is 0.324. The van der Waals surface area contributed by atoms with Crippen LogP contribution in [0.4, 0.5) is 0 Å². The van der Waals surface area contributed by atoms with Crippen molar-refractivity contribution < 1.29 is 4.74 Å². The fourth-order valence-corrected chi connectivity index (χ4v) is 1.57. The molecule has 1 aromatic carbocycles. The monoisotopic (exact) mass is 247 g/mol. The van der Waals surface area contributed by atoms with Crippen molar-refractivity contribution in [1.82, 2.24) is 5.32 Å². The molecule has 18 heavy (non-hydrogen) atoms. The number of rotatable bonds is 6. The topological polar surface area (TPSA) is 59.6 Å². The molecule has 0 aromatic heterocycles. The molecule has 3 N–H and O–H groups in total. The Morgan fingerprint density at radius 1 is 1.44 bits per heavy atom. The maximum absolute atomic E-state index is 5.71. The number of benzene rings is 1. The first-order valence-corrected chi connectivity index (χ1v) is 5.99. The van der Waals surface area contributed by atoms with Gasteiger partial charge in [0.15, 0.2) is 5.96 Å². The van der Waals surface area contributed by atoms with Gasteiger partial charge in [0, 0.05) is 6.54 Å².